The number of halogens is 1. The van der Waals surface area contributed by atoms with Gasteiger partial charge < -0.3 is 10.2 Å². The minimum atomic E-state index is 0. The molecule has 3 aromatic rings. The molecule has 29 heavy (non-hydrogen) atoms. The molecule has 1 saturated heterocycles. The highest BCUT2D eigenvalue weighted by molar-refractivity contribution is 5.85. The molecular formula is C23H25ClN4O. The third-order valence-corrected chi connectivity index (χ3v) is 5.07. The minimum absolute atomic E-state index is 0. The van der Waals surface area contributed by atoms with E-state index in [2.05, 4.69) is 27.4 Å². The molecule has 6 heteroatoms. The normalized spacial score (nSPS) is 14.5. The molecular weight excluding hydrogens is 384 g/mol. The maximum Gasteiger partial charge on any atom is 0.222 e. The Hall–Kier alpha value is -2.76. The maximum atomic E-state index is 12.1. The minimum Gasteiger partial charge on any atom is -0.341 e. The molecule has 0 bridgehead atoms. The average Bonchev–Trinajstić information content (AvgIpc) is 3.17. The molecule has 0 saturated carbocycles. The molecule has 2 aromatic carbocycles. The van der Waals surface area contributed by atoms with Crippen molar-refractivity contribution in [3.63, 3.8) is 0 Å². The highest BCUT2D eigenvalue weighted by Crippen LogP contribution is 2.19. The second-order valence-electron chi connectivity index (χ2n) is 7.07. The van der Waals surface area contributed by atoms with E-state index in [1.54, 1.807) is 0 Å². The molecule has 5 nitrogen and oxygen atoms in total. The highest BCUT2D eigenvalue weighted by Gasteiger charge is 2.24. The standard InChI is InChI=1S/C23H24N4O.ClH/c28-22-12-7-13-27(22)17-21(19-8-3-1-4-9-19)24-14-18-15-25-23(26-16-18)20-10-5-2-6-11-20;/h1-6,8-11,15-16,21,24H,7,12-14,17H2;1H. The van der Waals surface area contributed by atoms with Crippen molar-refractivity contribution < 1.29 is 4.79 Å². The summed E-state index contributed by atoms with van der Waals surface area (Å²) in [5, 5.41) is 3.59. The fraction of sp³-hybridized carbons (Fsp3) is 0.261. The van der Waals surface area contributed by atoms with Crippen LogP contribution >= 0.6 is 12.4 Å². The lowest BCUT2D eigenvalue weighted by atomic mass is 10.1. The van der Waals surface area contributed by atoms with Gasteiger partial charge in [-0.2, -0.15) is 0 Å². The SMILES string of the molecule is Cl.O=C1CCCN1CC(NCc1cnc(-c2ccccc2)nc1)c1ccccc1. The molecule has 1 fully saturated rings. The lowest BCUT2D eigenvalue weighted by Crippen LogP contribution is -2.35. The third-order valence-electron chi connectivity index (χ3n) is 5.07. The molecule has 1 amide bonds. The topological polar surface area (TPSA) is 58.1 Å². The molecule has 150 valence electrons. The van der Waals surface area contributed by atoms with Gasteiger partial charge in [0.2, 0.25) is 5.91 Å². The fourth-order valence-corrected chi connectivity index (χ4v) is 3.51. The van der Waals surface area contributed by atoms with Crippen molar-refractivity contribution in [2.24, 2.45) is 0 Å². The van der Waals surface area contributed by atoms with Crippen LogP contribution in [-0.4, -0.2) is 33.9 Å². The average molecular weight is 409 g/mol. The summed E-state index contributed by atoms with van der Waals surface area (Å²) in [5.41, 5.74) is 3.22. The van der Waals surface area contributed by atoms with Gasteiger partial charge in [0.1, 0.15) is 0 Å². The quantitative estimate of drug-likeness (QED) is 0.641. The molecule has 1 atom stereocenters. The number of hydrogen-bond donors (Lipinski definition) is 1. The van der Waals surface area contributed by atoms with Crippen LogP contribution in [0.3, 0.4) is 0 Å². The first-order valence-electron chi connectivity index (χ1n) is 9.72. The second-order valence-corrected chi connectivity index (χ2v) is 7.07. The molecule has 0 aliphatic carbocycles. The first-order chi connectivity index (χ1) is 13.8. The van der Waals surface area contributed by atoms with E-state index in [4.69, 9.17) is 0 Å². The number of rotatable bonds is 7. The van der Waals surface area contributed by atoms with Gasteiger partial charge >= 0.3 is 0 Å². The largest absolute Gasteiger partial charge is 0.341 e. The van der Waals surface area contributed by atoms with Gasteiger partial charge in [0.15, 0.2) is 5.82 Å². The van der Waals surface area contributed by atoms with Crippen molar-refractivity contribution >= 4 is 18.3 Å². The van der Waals surface area contributed by atoms with E-state index in [0.717, 1.165) is 29.9 Å². The zero-order valence-corrected chi connectivity index (χ0v) is 17.0. The van der Waals surface area contributed by atoms with E-state index in [1.807, 2.05) is 65.8 Å². The zero-order chi connectivity index (χ0) is 19.2. The van der Waals surface area contributed by atoms with E-state index in [-0.39, 0.29) is 24.4 Å². The number of nitrogens with one attached hydrogen (secondary N) is 1. The Balaban J connectivity index is 0.00000240. The van der Waals surface area contributed by atoms with Crippen LogP contribution in [0.15, 0.2) is 73.1 Å². The summed E-state index contributed by atoms with van der Waals surface area (Å²) in [6.45, 7) is 2.18. The Kier molecular flexibility index (Phi) is 7.33. The van der Waals surface area contributed by atoms with Gasteiger partial charge in [0.05, 0.1) is 6.04 Å². The van der Waals surface area contributed by atoms with Crippen molar-refractivity contribution in [2.75, 3.05) is 13.1 Å². The van der Waals surface area contributed by atoms with Crippen LogP contribution in [0.4, 0.5) is 0 Å². The maximum absolute atomic E-state index is 12.1. The molecule has 1 N–H and O–H groups in total. The fourth-order valence-electron chi connectivity index (χ4n) is 3.51. The van der Waals surface area contributed by atoms with Crippen LogP contribution in [0.1, 0.15) is 30.0 Å². The summed E-state index contributed by atoms with van der Waals surface area (Å²) in [4.78, 5) is 23.0. The molecule has 0 radical (unpaired) electrons. The van der Waals surface area contributed by atoms with Crippen LogP contribution < -0.4 is 5.32 Å². The van der Waals surface area contributed by atoms with E-state index in [0.29, 0.717) is 19.5 Å². The van der Waals surface area contributed by atoms with Gasteiger partial charge in [-0.05, 0) is 12.0 Å². The molecule has 1 aromatic heterocycles. The van der Waals surface area contributed by atoms with E-state index in [9.17, 15) is 4.79 Å². The van der Waals surface area contributed by atoms with E-state index < -0.39 is 0 Å². The molecule has 4 rings (SSSR count). The third kappa shape index (κ3) is 5.40. The number of carbonyl (C=O) groups is 1. The molecule has 0 spiro atoms. The molecule has 1 unspecified atom stereocenters. The van der Waals surface area contributed by atoms with E-state index in [1.165, 1.54) is 5.56 Å². The van der Waals surface area contributed by atoms with Crippen molar-refractivity contribution in [1.29, 1.82) is 0 Å². The Morgan fingerprint density at radius 2 is 1.62 bits per heavy atom. The van der Waals surface area contributed by atoms with Crippen LogP contribution in [-0.2, 0) is 11.3 Å². The Morgan fingerprint density at radius 3 is 2.24 bits per heavy atom. The van der Waals surface area contributed by atoms with Gasteiger partial charge in [0.25, 0.3) is 0 Å². The first-order valence-corrected chi connectivity index (χ1v) is 9.72. The van der Waals surface area contributed by atoms with Crippen molar-refractivity contribution in [1.82, 2.24) is 20.2 Å². The first kappa shape index (κ1) is 21.0. The summed E-state index contributed by atoms with van der Waals surface area (Å²) in [5.74, 6) is 0.977. The highest BCUT2D eigenvalue weighted by atomic mass is 35.5. The second kappa shape index (κ2) is 10.1. The lowest BCUT2D eigenvalue weighted by Gasteiger charge is -2.25. The predicted octanol–water partition coefficient (Wildman–Crippen LogP) is 4.02. The van der Waals surface area contributed by atoms with Crippen molar-refractivity contribution in [2.45, 2.75) is 25.4 Å². The van der Waals surface area contributed by atoms with Gasteiger partial charge in [-0.15, -0.1) is 12.4 Å². The Morgan fingerprint density at radius 1 is 0.966 bits per heavy atom. The van der Waals surface area contributed by atoms with Crippen LogP contribution in [0.25, 0.3) is 11.4 Å². The number of carbonyl (C=O) groups excluding carboxylic acids is 1. The number of hydrogen-bond acceptors (Lipinski definition) is 4. The smallest absolute Gasteiger partial charge is 0.222 e. The number of benzene rings is 2. The monoisotopic (exact) mass is 408 g/mol. The lowest BCUT2D eigenvalue weighted by molar-refractivity contribution is -0.128. The number of aromatic nitrogens is 2. The van der Waals surface area contributed by atoms with Crippen LogP contribution in [0.2, 0.25) is 0 Å². The zero-order valence-electron chi connectivity index (χ0n) is 16.2. The number of nitrogens with zero attached hydrogens (tertiary/aromatic N) is 3. The Bertz CT molecular complexity index is 903. The summed E-state index contributed by atoms with van der Waals surface area (Å²) >= 11 is 0. The summed E-state index contributed by atoms with van der Waals surface area (Å²) < 4.78 is 0. The van der Waals surface area contributed by atoms with Crippen LogP contribution in [0, 0.1) is 0 Å². The summed E-state index contributed by atoms with van der Waals surface area (Å²) in [6, 6.07) is 20.3. The van der Waals surface area contributed by atoms with Gasteiger partial charge in [-0.3, -0.25) is 4.79 Å². The number of likely N-dealkylation sites (tertiary alicyclic amines) is 1. The molecule has 1 aliphatic rings. The number of amides is 1. The van der Waals surface area contributed by atoms with Gasteiger partial charge in [0, 0.05) is 49.6 Å². The van der Waals surface area contributed by atoms with Crippen molar-refractivity contribution in [3.8, 4) is 11.4 Å². The van der Waals surface area contributed by atoms with E-state index >= 15 is 0 Å². The summed E-state index contributed by atoms with van der Waals surface area (Å²) in [7, 11) is 0. The van der Waals surface area contributed by atoms with Crippen molar-refractivity contribution in [3.05, 3.63) is 84.2 Å². The molecule has 1 aliphatic heterocycles. The van der Waals surface area contributed by atoms with Crippen LogP contribution in [0.5, 0.6) is 0 Å². The van der Waals surface area contributed by atoms with Gasteiger partial charge in [-0.25, -0.2) is 9.97 Å². The Labute approximate surface area is 177 Å². The summed E-state index contributed by atoms with van der Waals surface area (Å²) in [6.07, 6.45) is 5.35. The molecule has 2 heterocycles. The predicted molar refractivity (Wildman–Crippen MR) is 117 cm³/mol. The van der Waals surface area contributed by atoms with Gasteiger partial charge in [-0.1, -0.05) is 60.7 Å².